The number of pyridine rings is 1. The largest absolute Gasteiger partial charge is 0.411 e. The first-order valence-electron chi connectivity index (χ1n) is 4.77. The average Bonchev–Trinajstić information content (AvgIpc) is 2.38. The van der Waals surface area contributed by atoms with Crippen molar-refractivity contribution in [2.75, 3.05) is 0 Å². The summed E-state index contributed by atoms with van der Waals surface area (Å²) in [6.07, 6.45) is 5.19. The summed E-state index contributed by atoms with van der Waals surface area (Å²) in [5, 5.41) is 12.2. The van der Waals surface area contributed by atoms with E-state index in [0.717, 1.165) is 5.69 Å². The maximum atomic E-state index is 8.95. The molecule has 16 heavy (non-hydrogen) atoms. The van der Waals surface area contributed by atoms with Gasteiger partial charge < -0.3 is 5.21 Å². The molecule has 5 nitrogen and oxygen atoms in total. The number of nitrogens with zero attached hydrogens (tertiary/aromatic N) is 4. The molecule has 0 bridgehead atoms. The minimum Gasteiger partial charge on any atom is -0.411 e. The molecular formula is C11H10N4O. The highest BCUT2D eigenvalue weighted by Gasteiger charge is 2.07. The first kappa shape index (κ1) is 10.2. The van der Waals surface area contributed by atoms with Gasteiger partial charge >= 0.3 is 0 Å². The Morgan fingerprint density at radius 2 is 2.12 bits per heavy atom. The van der Waals surface area contributed by atoms with Gasteiger partial charge in [0.15, 0.2) is 0 Å². The topological polar surface area (TPSA) is 71.3 Å². The van der Waals surface area contributed by atoms with Gasteiger partial charge in [0.05, 0.1) is 5.69 Å². The van der Waals surface area contributed by atoms with E-state index >= 15 is 0 Å². The smallest absolute Gasteiger partial charge is 0.115 e. The lowest BCUT2D eigenvalue weighted by Gasteiger charge is -2.02. The second-order valence-electron chi connectivity index (χ2n) is 3.14. The molecule has 0 aliphatic carbocycles. The maximum Gasteiger partial charge on any atom is 0.115 e. The summed E-state index contributed by atoms with van der Waals surface area (Å²) in [5.74, 6) is 0. The van der Waals surface area contributed by atoms with Crippen LogP contribution < -0.4 is 0 Å². The molecule has 0 saturated heterocycles. The number of hydrogen-bond donors (Lipinski definition) is 1. The van der Waals surface area contributed by atoms with Crippen LogP contribution in [-0.2, 0) is 6.42 Å². The van der Waals surface area contributed by atoms with Crippen LogP contribution in [0.1, 0.15) is 11.4 Å². The molecule has 2 aromatic heterocycles. The van der Waals surface area contributed by atoms with Gasteiger partial charge in [0.1, 0.15) is 12.0 Å². The molecule has 2 aromatic rings. The van der Waals surface area contributed by atoms with Crippen molar-refractivity contribution in [1.82, 2.24) is 15.0 Å². The fourth-order valence-corrected chi connectivity index (χ4v) is 1.30. The lowest BCUT2D eigenvalue weighted by Crippen LogP contribution is -2.08. The first-order chi connectivity index (χ1) is 7.90. The summed E-state index contributed by atoms with van der Waals surface area (Å²) in [7, 11) is 0. The lowest BCUT2D eigenvalue weighted by atomic mass is 10.1. The van der Waals surface area contributed by atoms with Gasteiger partial charge in [0.2, 0.25) is 0 Å². The summed E-state index contributed by atoms with van der Waals surface area (Å²) < 4.78 is 0. The zero-order valence-corrected chi connectivity index (χ0v) is 8.48. The van der Waals surface area contributed by atoms with Gasteiger partial charge in [-0.3, -0.25) is 4.98 Å². The second-order valence-corrected chi connectivity index (χ2v) is 3.14. The molecular weight excluding hydrogens is 204 g/mol. The Bertz CT molecular complexity index is 470. The quantitative estimate of drug-likeness (QED) is 0.475. The van der Waals surface area contributed by atoms with Crippen LogP contribution in [0.4, 0.5) is 0 Å². The van der Waals surface area contributed by atoms with E-state index in [1.54, 1.807) is 24.5 Å². The van der Waals surface area contributed by atoms with Crippen LogP contribution >= 0.6 is 0 Å². The van der Waals surface area contributed by atoms with Gasteiger partial charge in [-0.25, -0.2) is 9.97 Å². The molecule has 0 fully saturated rings. The molecule has 0 aliphatic heterocycles. The maximum absolute atomic E-state index is 8.95. The molecule has 0 aromatic carbocycles. The van der Waals surface area contributed by atoms with Gasteiger partial charge in [-0.1, -0.05) is 11.2 Å². The Balaban J connectivity index is 2.20. The Labute approximate surface area is 92.5 Å². The van der Waals surface area contributed by atoms with Crippen LogP contribution in [0.3, 0.4) is 0 Å². The second kappa shape index (κ2) is 4.97. The zero-order chi connectivity index (χ0) is 11.2. The molecule has 0 atom stereocenters. The monoisotopic (exact) mass is 214 g/mol. The predicted octanol–water partition coefficient (Wildman–Crippen LogP) is 1.29. The van der Waals surface area contributed by atoms with Crippen molar-refractivity contribution in [3.05, 3.63) is 54.4 Å². The molecule has 1 N–H and O–H groups in total. The third kappa shape index (κ3) is 2.38. The standard InChI is InChI=1S/C11H10N4O/c16-15-11(10-3-1-2-5-13-10)7-9-4-6-12-8-14-9/h1-6,8,16H,7H2. The van der Waals surface area contributed by atoms with E-state index in [1.807, 2.05) is 12.1 Å². The number of rotatable bonds is 3. The average molecular weight is 214 g/mol. The van der Waals surface area contributed by atoms with Gasteiger partial charge in [0.25, 0.3) is 0 Å². The minimum absolute atomic E-state index is 0.427. The number of oxime groups is 1. The summed E-state index contributed by atoms with van der Waals surface area (Å²) in [6.45, 7) is 0. The Morgan fingerprint density at radius 1 is 1.19 bits per heavy atom. The molecule has 80 valence electrons. The van der Waals surface area contributed by atoms with E-state index in [2.05, 4.69) is 20.1 Å². The molecule has 0 amide bonds. The van der Waals surface area contributed by atoms with E-state index < -0.39 is 0 Å². The van der Waals surface area contributed by atoms with Gasteiger partial charge in [-0.05, 0) is 18.2 Å². The molecule has 0 radical (unpaired) electrons. The summed E-state index contributed by atoms with van der Waals surface area (Å²) >= 11 is 0. The third-order valence-corrected chi connectivity index (χ3v) is 2.07. The van der Waals surface area contributed by atoms with Gasteiger partial charge in [0, 0.05) is 24.5 Å². The van der Waals surface area contributed by atoms with E-state index in [9.17, 15) is 0 Å². The van der Waals surface area contributed by atoms with E-state index in [1.165, 1.54) is 6.33 Å². The molecule has 0 spiro atoms. The summed E-state index contributed by atoms with van der Waals surface area (Å²) in [4.78, 5) is 12.0. The highest BCUT2D eigenvalue weighted by atomic mass is 16.4. The molecule has 0 aliphatic rings. The van der Waals surface area contributed by atoms with Crippen LogP contribution in [0.5, 0.6) is 0 Å². The van der Waals surface area contributed by atoms with Gasteiger partial charge in [-0.15, -0.1) is 0 Å². The molecule has 0 unspecified atom stereocenters. The van der Waals surface area contributed by atoms with Crippen LogP contribution in [-0.4, -0.2) is 25.9 Å². The van der Waals surface area contributed by atoms with Crippen LogP contribution in [0.2, 0.25) is 0 Å². The van der Waals surface area contributed by atoms with Crippen molar-refractivity contribution in [3.8, 4) is 0 Å². The van der Waals surface area contributed by atoms with E-state index in [0.29, 0.717) is 17.8 Å². The van der Waals surface area contributed by atoms with E-state index in [4.69, 9.17) is 5.21 Å². The van der Waals surface area contributed by atoms with Crippen molar-refractivity contribution in [3.63, 3.8) is 0 Å². The van der Waals surface area contributed by atoms with Crippen molar-refractivity contribution < 1.29 is 5.21 Å². The fraction of sp³-hybridized carbons (Fsp3) is 0.0909. The highest BCUT2D eigenvalue weighted by molar-refractivity contribution is 5.99. The van der Waals surface area contributed by atoms with Crippen LogP contribution in [0.25, 0.3) is 0 Å². The molecule has 2 heterocycles. The molecule has 2 rings (SSSR count). The van der Waals surface area contributed by atoms with Crippen molar-refractivity contribution >= 4 is 5.71 Å². The number of hydrogen-bond acceptors (Lipinski definition) is 5. The van der Waals surface area contributed by atoms with Crippen molar-refractivity contribution in [2.24, 2.45) is 5.16 Å². The highest BCUT2D eigenvalue weighted by Crippen LogP contribution is 2.03. The van der Waals surface area contributed by atoms with E-state index in [-0.39, 0.29) is 0 Å². The fourth-order valence-electron chi connectivity index (χ4n) is 1.30. The third-order valence-electron chi connectivity index (χ3n) is 2.07. The molecule has 5 heteroatoms. The van der Waals surface area contributed by atoms with Gasteiger partial charge in [-0.2, -0.15) is 0 Å². The predicted molar refractivity (Wildman–Crippen MR) is 58.3 cm³/mol. The summed E-state index contributed by atoms with van der Waals surface area (Å²) in [5.41, 5.74) is 1.91. The van der Waals surface area contributed by atoms with Crippen molar-refractivity contribution in [1.29, 1.82) is 0 Å². The Kier molecular flexibility index (Phi) is 3.18. The van der Waals surface area contributed by atoms with Crippen molar-refractivity contribution in [2.45, 2.75) is 6.42 Å². The first-order valence-corrected chi connectivity index (χ1v) is 4.77. The SMILES string of the molecule is ON=C(Cc1ccncn1)c1ccccn1. The van der Waals surface area contributed by atoms with Crippen LogP contribution in [0.15, 0.2) is 48.1 Å². The summed E-state index contributed by atoms with van der Waals surface area (Å²) in [6, 6.07) is 7.21. The van der Waals surface area contributed by atoms with Crippen LogP contribution in [0, 0.1) is 0 Å². The minimum atomic E-state index is 0.427. The Morgan fingerprint density at radius 3 is 2.75 bits per heavy atom. The Hall–Kier alpha value is -2.30. The molecule has 0 saturated carbocycles. The normalized spacial score (nSPS) is 11.4. The zero-order valence-electron chi connectivity index (χ0n) is 8.48. The number of aromatic nitrogens is 3. The lowest BCUT2D eigenvalue weighted by molar-refractivity contribution is 0.318.